The molecule has 0 radical (unpaired) electrons. The molecule has 0 atom stereocenters. The van der Waals surface area contributed by atoms with Gasteiger partial charge in [-0.1, -0.05) is 168 Å². The number of fused-ring (bicyclic) bond motifs is 2. The summed E-state index contributed by atoms with van der Waals surface area (Å²) in [6.45, 7) is 41.6. The molecule has 118 heavy (non-hydrogen) atoms. The van der Waals surface area contributed by atoms with Crippen molar-refractivity contribution in [3.8, 4) is 11.1 Å². The first-order valence-electron chi connectivity index (χ1n) is 40.1. The first-order chi connectivity index (χ1) is 55.5. The van der Waals surface area contributed by atoms with Crippen molar-refractivity contribution in [2.75, 3.05) is 32.7 Å². The van der Waals surface area contributed by atoms with Crippen molar-refractivity contribution in [3.05, 3.63) is 230 Å². The van der Waals surface area contributed by atoms with Crippen LogP contribution < -0.4 is 21.4 Å². The highest BCUT2D eigenvalue weighted by atomic mass is 79.9. The predicted molar refractivity (Wildman–Crippen MR) is 464 cm³/mol. The van der Waals surface area contributed by atoms with Crippen LogP contribution in [0.4, 0.5) is 24.0 Å². The molecule has 5 aliphatic rings. The monoisotopic (exact) mass is 1750 g/mol. The van der Waals surface area contributed by atoms with E-state index in [1.807, 2.05) is 304 Å². The maximum absolute atomic E-state index is 12.5. The fraction of sp³-hybridized carbons (Fsp3) is 0.466. The van der Waals surface area contributed by atoms with Gasteiger partial charge >= 0.3 is 51.6 Å². The average Bonchev–Trinajstić information content (AvgIpc) is 1.61. The van der Waals surface area contributed by atoms with E-state index >= 15 is 0 Å². The second-order valence-electron chi connectivity index (χ2n) is 34.3. The summed E-state index contributed by atoms with van der Waals surface area (Å²) in [5.41, 5.74) is 8.26. The van der Waals surface area contributed by atoms with Gasteiger partial charge in [-0.2, -0.15) is 10.2 Å². The molecule has 3 fully saturated rings. The molecule has 13 rings (SSSR count). The molecule has 2 aromatic heterocycles. The molecule has 3 N–H and O–H groups in total. The highest BCUT2D eigenvalue weighted by Crippen LogP contribution is 2.43. The van der Waals surface area contributed by atoms with Crippen LogP contribution in [0.15, 0.2) is 185 Å². The van der Waals surface area contributed by atoms with Gasteiger partial charge in [0.1, 0.15) is 31.0 Å². The molecule has 30 heteroatoms. The van der Waals surface area contributed by atoms with Crippen molar-refractivity contribution < 1.29 is 75.6 Å². The maximum Gasteiger partial charge on any atom is 0.494 e. The Balaban J connectivity index is 0.000000173. The maximum atomic E-state index is 12.5. The fourth-order valence-corrected chi connectivity index (χ4v) is 12.9. The minimum Gasteiger partial charge on any atom is -0.445 e. The van der Waals surface area contributed by atoms with Crippen LogP contribution >= 0.6 is 31.9 Å². The van der Waals surface area contributed by atoms with Crippen LogP contribution in [0.25, 0.3) is 11.1 Å². The number of amides is 5. The number of halogens is 2. The Bertz CT molecular complexity index is 4480. The van der Waals surface area contributed by atoms with Gasteiger partial charge in [-0.3, -0.25) is 9.36 Å². The Morgan fingerprint density at radius 2 is 0.729 bits per heavy atom. The number of carbonyl (C=O) groups is 5. The normalized spacial score (nSPS) is 16.9. The van der Waals surface area contributed by atoms with E-state index in [9.17, 15) is 24.0 Å². The zero-order valence-electron chi connectivity index (χ0n) is 71.6. The van der Waals surface area contributed by atoms with E-state index in [0.29, 0.717) is 71.9 Å². The third-order valence-corrected chi connectivity index (χ3v) is 22.3. The minimum atomic E-state index is -0.527. The van der Waals surface area contributed by atoms with Crippen LogP contribution in [0.5, 0.6) is 0 Å². The number of alkyl carbamates (subject to hydrolysis) is 3. The number of hydrogen-bond donors (Lipinski definition) is 3. The van der Waals surface area contributed by atoms with Crippen LogP contribution in [0.3, 0.4) is 0 Å². The lowest BCUT2D eigenvalue weighted by Gasteiger charge is -2.32. The first-order valence-corrected chi connectivity index (χ1v) is 41.7. The predicted octanol–water partition coefficient (Wildman–Crippen LogP) is 16.8. The van der Waals surface area contributed by atoms with E-state index < -0.39 is 37.4 Å². The number of aromatic nitrogens is 4. The van der Waals surface area contributed by atoms with Gasteiger partial charge in [0, 0.05) is 42.8 Å². The SMILES string of the molecule is CC(C)(C)OC(=O)N1CCn2ncc(-c3ccc(CCNC(=O)OCc4ccccc4)cc3)c2C1.CC(C)(C)OC(=O)N1CCn2ncc(Br)c2C1.CC1(C)OB(B2OC(C)(C)C(C)(C)O2)OC1(C)C.CC1(C)OB(c2ccc(CCNC(=O)OCc3ccccc3)cc2)OC1(C)C.O=C(NCCc1ccc(Br)cc1)OCc1ccccc1. The molecular formula is C88H116B3Br2N9O16. The van der Waals surface area contributed by atoms with E-state index in [1.165, 1.54) is 5.56 Å². The number of hydrogen-bond acceptors (Lipinski definition) is 18. The molecule has 25 nitrogen and oxygen atoms in total. The molecular weight excluding hydrogens is 1630 g/mol. The molecule has 7 heterocycles. The van der Waals surface area contributed by atoms with Crippen molar-refractivity contribution in [3.63, 3.8) is 0 Å². The number of nitrogens with zero attached hydrogens (tertiary/aromatic N) is 6. The summed E-state index contributed by atoms with van der Waals surface area (Å²) in [5.74, 6) is 0. The number of benzene rings is 6. The second kappa shape index (κ2) is 40.8. The summed E-state index contributed by atoms with van der Waals surface area (Å²) in [4.78, 5) is 63.1. The van der Waals surface area contributed by atoms with Crippen molar-refractivity contribution in [1.29, 1.82) is 0 Å². The lowest BCUT2D eigenvalue weighted by Crippen LogP contribution is -2.41. The highest BCUT2D eigenvalue weighted by Gasteiger charge is 2.64. The topological polar surface area (TPSA) is 265 Å². The minimum absolute atomic E-state index is 0.253. The smallest absolute Gasteiger partial charge is 0.445 e. The standard InChI is InChI=1S/C27H32N4O4.C22H28BNO4.C16H16BrNO2.C12H24B2O4.C11H16BrN3O2/c1-27(2,3)35-26(33)30-15-16-31-24(18-30)23(17-29-31)22-11-9-20(10-12-22)13-14-28-25(32)34-19-21-7-5-4-6-8-21;1-21(2)22(3,4)28-23(27-21)19-12-10-17(11-13-19)14-15-24-20(25)26-16-18-8-6-5-7-9-18;17-15-8-6-13(7-9-15)10-11-18-16(19)20-12-14-4-2-1-3-5-14;1-9(2)10(3,4)16-13(15-9)14-17-11(5,6)12(7,8)18-14;1-11(2,3)17-10(16)14-4-5-15-9(7-14)8(12)6-13-15/h4-12,17H,13-16,18-19H2,1-3H3,(H,28,32);5-13H,14-16H2,1-4H3,(H,24,25);1-9H,10-12H2,(H,18,19);1-8H3;6H,4-5,7H2,1-3H3. The van der Waals surface area contributed by atoms with E-state index in [0.717, 1.165) is 77.6 Å². The van der Waals surface area contributed by atoms with E-state index in [1.54, 1.807) is 16.0 Å². The zero-order valence-corrected chi connectivity index (χ0v) is 74.7. The Hall–Kier alpha value is -9.00. The van der Waals surface area contributed by atoms with Gasteiger partial charge in [-0.15, -0.1) is 0 Å². The number of rotatable bonds is 18. The number of ether oxygens (including phenoxy) is 5. The molecule has 0 unspecified atom stereocenters. The summed E-state index contributed by atoms with van der Waals surface area (Å²) in [7, 11) is -1.31. The van der Waals surface area contributed by atoms with Crippen molar-refractivity contribution >= 4 is 88.9 Å². The molecule has 3 saturated heterocycles. The van der Waals surface area contributed by atoms with Gasteiger partial charge < -0.3 is 77.4 Å². The zero-order chi connectivity index (χ0) is 85.9. The molecule has 0 saturated carbocycles. The fourth-order valence-electron chi connectivity index (χ4n) is 12.2. The first kappa shape index (κ1) is 92.9. The van der Waals surface area contributed by atoms with Gasteiger partial charge in [0.25, 0.3) is 0 Å². The molecule has 0 spiro atoms. The van der Waals surface area contributed by atoms with Gasteiger partial charge in [0.15, 0.2) is 0 Å². The second-order valence-corrected chi connectivity index (χ2v) is 36.1. The third-order valence-electron chi connectivity index (χ3n) is 21.1. The summed E-state index contributed by atoms with van der Waals surface area (Å²) in [6.07, 6.45) is 4.03. The Labute approximate surface area is 713 Å². The average molecular weight is 1750 g/mol. The van der Waals surface area contributed by atoms with Crippen molar-refractivity contribution in [2.45, 2.75) is 235 Å². The third kappa shape index (κ3) is 27.5. The number of nitrogens with one attached hydrogen (secondary N) is 3. The molecule has 5 aliphatic heterocycles. The summed E-state index contributed by atoms with van der Waals surface area (Å²) >= 11 is 6.82. The summed E-state index contributed by atoms with van der Waals surface area (Å²) in [6, 6.07) is 53.2. The Morgan fingerprint density at radius 3 is 1.09 bits per heavy atom. The lowest BCUT2D eigenvalue weighted by atomic mass is 9.49. The van der Waals surface area contributed by atoms with Crippen molar-refractivity contribution in [2.24, 2.45) is 0 Å². The molecule has 5 amide bonds. The van der Waals surface area contributed by atoms with Gasteiger partial charge in [-0.05, 0) is 216 Å². The van der Waals surface area contributed by atoms with Crippen LogP contribution in [0, 0.1) is 0 Å². The Kier molecular flexibility index (Phi) is 32.1. The van der Waals surface area contributed by atoms with Crippen LogP contribution in [-0.4, -0.2) is 158 Å². The van der Waals surface area contributed by atoms with E-state index in [2.05, 4.69) is 58.0 Å². The molecule has 632 valence electrons. The van der Waals surface area contributed by atoms with Gasteiger partial charge in [0.2, 0.25) is 0 Å². The van der Waals surface area contributed by atoms with E-state index in [-0.39, 0.29) is 72.2 Å². The molecule has 0 bridgehead atoms. The van der Waals surface area contributed by atoms with Crippen LogP contribution in [-0.2, 0) is 117 Å². The molecule has 6 aromatic carbocycles. The van der Waals surface area contributed by atoms with Crippen LogP contribution in [0.2, 0.25) is 0 Å². The molecule has 8 aromatic rings. The summed E-state index contributed by atoms with van der Waals surface area (Å²) in [5, 5.41) is 17.0. The van der Waals surface area contributed by atoms with Gasteiger partial charge in [0.05, 0.1) is 88.0 Å². The van der Waals surface area contributed by atoms with Gasteiger partial charge in [-0.25, -0.2) is 24.0 Å². The molecule has 0 aliphatic carbocycles. The summed E-state index contributed by atoms with van der Waals surface area (Å²) < 4.78 is 68.3. The van der Waals surface area contributed by atoms with E-state index in [4.69, 9.17) is 51.6 Å². The highest BCUT2D eigenvalue weighted by molar-refractivity contribution is 9.10. The quantitative estimate of drug-likeness (QED) is 0.0532. The Morgan fingerprint density at radius 1 is 0.407 bits per heavy atom. The number of carbonyl (C=O) groups excluding carboxylic acids is 5. The lowest BCUT2D eigenvalue weighted by molar-refractivity contribution is 0.00578. The largest absolute Gasteiger partial charge is 0.494 e. The van der Waals surface area contributed by atoms with Crippen LogP contribution in [0.1, 0.15) is 169 Å². The van der Waals surface area contributed by atoms with Crippen molar-refractivity contribution in [1.82, 2.24) is 45.3 Å².